The molecule has 26 N–H and O–H groups in total. The predicted molar refractivity (Wildman–Crippen MR) is 438 cm³/mol. The highest BCUT2D eigenvalue weighted by Gasteiger charge is 2.38. The number of carbonyl (C=O) groups is 19. The minimum absolute atomic E-state index is 0.00487. The number of hydrogen-bond acceptors (Lipinski definition) is 23. The minimum atomic E-state index is -1.80. The molecule has 2 heterocycles. The molecule has 44 heteroatoms. The Kier molecular flexibility index (Phi) is 43.9. The summed E-state index contributed by atoms with van der Waals surface area (Å²) in [5.74, 6) is -18.7. The Labute approximate surface area is 706 Å². The summed E-state index contributed by atoms with van der Waals surface area (Å²) in [4.78, 5) is 268. The van der Waals surface area contributed by atoms with Gasteiger partial charge in [0.05, 0.1) is 44.8 Å². The number of carboxylic acid groups (broad SMARTS) is 1. The van der Waals surface area contributed by atoms with Crippen LogP contribution < -0.4 is 102 Å². The van der Waals surface area contributed by atoms with Crippen LogP contribution in [0.4, 0.5) is 0 Å². The maximum Gasteiger partial charge on any atom is 0.303 e. The van der Waals surface area contributed by atoms with Crippen LogP contribution in [0.2, 0.25) is 0 Å². The zero-order chi connectivity index (χ0) is 91.9. The summed E-state index contributed by atoms with van der Waals surface area (Å²) in [6.07, 6.45) is 3.56. The molecule has 676 valence electrons. The van der Waals surface area contributed by atoms with E-state index in [0.29, 0.717) is 17.7 Å². The van der Waals surface area contributed by atoms with E-state index in [1.165, 1.54) is 77.0 Å². The van der Waals surface area contributed by atoms with Crippen LogP contribution in [-0.2, 0) is 110 Å². The molecule has 0 aliphatic heterocycles. The Bertz CT molecular complexity index is 4070. The van der Waals surface area contributed by atoms with Crippen molar-refractivity contribution in [3.8, 4) is 5.75 Å². The second kappa shape index (κ2) is 51.7. The van der Waals surface area contributed by atoms with Crippen molar-refractivity contribution in [3.63, 3.8) is 0 Å². The van der Waals surface area contributed by atoms with Gasteiger partial charge in [0, 0.05) is 43.0 Å². The van der Waals surface area contributed by atoms with Gasteiger partial charge in [-0.15, -0.1) is 0 Å². The molecule has 2 aromatic heterocycles. The van der Waals surface area contributed by atoms with Crippen LogP contribution in [0.3, 0.4) is 0 Å². The van der Waals surface area contributed by atoms with E-state index in [-0.39, 0.29) is 80.1 Å². The van der Waals surface area contributed by atoms with Crippen molar-refractivity contribution in [2.75, 3.05) is 19.6 Å². The summed E-state index contributed by atoms with van der Waals surface area (Å²) in [5, 5.41) is 58.7. The molecule has 0 bridgehead atoms. The van der Waals surface area contributed by atoms with Gasteiger partial charge in [-0.3, -0.25) is 91.1 Å². The molecule has 0 saturated heterocycles. The number of aromatic nitrogens is 4. The number of rotatable bonds is 54. The molecule has 0 spiro atoms. The molecule has 0 aliphatic rings. The summed E-state index contributed by atoms with van der Waals surface area (Å²) in [7, 11) is 0. The number of imidazole rings is 2. The summed E-state index contributed by atoms with van der Waals surface area (Å²) < 4.78 is 0. The Morgan fingerprint density at radius 1 is 0.385 bits per heavy atom. The van der Waals surface area contributed by atoms with Gasteiger partial charge in [0.15, 0.2) is 0 Å². The molecule has 18 amide bonds. The Hall–Kier alpha value is -12.7. The molecule has 1 aromatic carbocycles. The number of aromatic amines is 2. The average Bonchev–Trinajstić information content (AvgIpc) is 1.15. The largest absolute Gasteiger partial charge is 0.508 e. The fourth-order valence-electron chi connectivity index (χ4n) is 12.0. The maximum atomic E-state index is 14.3. The number of carboxylic acids is 1. The first kappa shape index (κ1) is 104. The van der Waals surface area contributed by atoms with Gasteiger partial charge in [-0.1, -0.05) is 87.8 Å². The van der Waals surface area contributed by atoms with E-state index >= 15 is 0 Å². The molecule has 3 aromatic rings. The molecule has 3 rings (SSSR count). The zero-order valence-electron chi connectivity index (χ0n) is 71.3. The molecule has 0 saturated carbocycles. The van der Waals surface area contributed by atoms with Crippen LogP contribution in [0.25, 0.3) is 0 Å². The van der Waals surface area contributed by atoms with Crippen LogP contribution in [0.15, 0.2) is 49.3 Å². The summed E-state index contributed by atoms with van der Waals surface area (Å²) in [6.45, 7) is 20.4. The summed E-state index contributed by atoms with van der Waals surface area (Å²) in [6, 6.07) is -13.2. The van der Waals surface area contributed by atoms with E-state index in [4.69, 9.17) is 17.2 Å². The van der Waals surface area contributed by atoms with Crippen molar-refractivity contribution in [1.82, 2.24) is 105 Å². The normalized spacial score (nSPS) is 14.9. The first-order chi connectivity index (χ1) is 57.2. The van der Waals surface area contributed by atoms with Crippen LogP contribution in [0.1, 0.15) is 165 Å². The lowest BCUT2D eigenvalue weighted by atomic mass is 9.96. The van der Waals surface area contributed by atoms with Crippen molar-refractivity contribution in [3.05, 3.63) is 66.3 Å². The standard InChI is InChI=1S/C78H123N23O21/c1-15-41(10)64(78(122)100-53(23-38(4)5)73(117)92-45(14)69(113)95-52(65(81)109)22-37(2)3)101-62(106)34-85-67(111)43(12)90-68(112)44(13)91-74(118)57(28-48-31-83-36-88-48)99-77(121)58(29-59(80)103)93-61(105)33-84-66(110)42(11)89-60(104)32-86-71(115)56(27-47-30-82-35-87-47)98-76(120)55(25-40(8)9)97-75(119)54(24-39(6)7)96-72(116)51(20-21-63(107)108)94-70(114)50(79)26-46-16-18-49(102)19-17-46/h16-19,30-31,35-45,50-58,64,102H,15,20-29,32-34,79H2,1-14H3,(H2,80,103)(H2,81,109)(H,82,87)(H,83,88)(H,84,110)(H,85,111)(H,86,115)(H,89,104)(H,90,112)(H,91,118)(H,92,117)(H,93,105)(H,94,114)(H,95,113)(H,96,116)(H,97,119)(H,98,120)(H,99,121)(H,100,122)(H,101,106)(H,107,108)/t41-,42-,43-,44-,45-,50-,51-,52-,53-,54-,55-,56-,57-,58-,64-/m0/s1. The second-order valence-electron chi connectivity index (χ2n) is 31.7. The highest BCUT2D eigenvalue weighted by molar-refractivity contribution is 6.01. The monoisotopic (exact) mass is 1720 g/mol. The van der Waals surface area contributed by atoms with Crippen LogP contribution in [0, 0.1) is 29.6 Å². The number of primary amides is 2. The average molecular weight is 1720 g/mol. The Balaban J connectivity index is 1.64. The van der Waals surface area contributed by atoms with Crippen LogP contribution in [0.5, 0.6) is 5.75 Å². The number of nitrogens with zero attached hydrogens (tertiary/aromatic N) is 2. The molecule has 0 radical (unpaired) electrons. The first-order valence-electron chi connectivity index (χ1n) is 40.2. The van der Waals surface area contributed by atoms with E-state index in [1.807, 2.05) is 13.8 Å². The molecule has 44 nitrogen and oxygen atoms in total. The van der Waals surface area contributed by atoms with E-state index in [1.54, 1.807) is 55.4 Å². The smallest absolute Gasteiger partial charge is 0.303 e. The highest BCUT2D eigenvalue weighted by Crippen LogP contribution is 2.17. The molecular formula is C78H123N23O21. The van der Waals surface area contributed by atoms with Crippen molar-refractivity contribution >= 4 is 112 Å². The van der Waals surface area contributed by atoms with E-state index < -0.39 is 242 Å². The van der Waals surface area contributed by atoms with Crippen molar-refractivity contribution in [2.45, 2.75) is 252 Å². The fourth-order valence-corrected chi connectivity index (χ4v) is 12.0. The fraction of sp³-hybridized carbons (Fsp3) is 0.603. The van der Waals surface area contributed by atoms with E-state index in [9.17, 15) is 101 Å². The SMILES string of the molecule is CC[C@H](C)[C@H](NC(=O)CNC(=O)[C@H](C)NC(=O)[C@H](C)NC(=O)[C@H](Cc1cnc[nH]1)NC(=O)[C@H](CC(N)=O)NC(=O)CNC(=O)[C@H](C)NC(=O)CNC(=O)[C@H](Cc1cnc[nH]1)NC(=O)[C@H](CC(C)C)NC(=O)[C@H](CC(C)C)NC(=O)[C@H](CCC(=O)O)NC(=O)[C@@H](N)Cc1ccc(O)cc1)C(=O)N[C@@H](CC(C)C)C(=O)N[C@@H](C)C(=O)N[C@@H](CC(C)C)C(N)=O. The molecular weight excluding hydrogens is 1590 g/mol. The predicted octanol–water partition coefficient (Wildman–Crippen LogP) is -5.62. The number of benzene rings is 1. The lowest BCUT2D eigenvalue weighted by Gasteiger charge is -2.28. The number of phenolic OH excluding ortho intramolecular Hbond substituents is 1. The number of carbonyl (C=O) groups excluding carboxylic acids is 18. The van der Waals surface area contributed by atoms with Gasteiger partial charge < -0.3 is 122 Å². The Morgan fingerprint density at radius 2 is 0.738 bits per heavy atom. The van der Waals surface area contributed by atoms with Crippen molar-refractivity contribution < 1.29 is 101 Å². The third kappa shape index (κ3) is 38.6. The van der Waals surface area contributed by atoms with Gasteiger partial charge >= 0.3 is 5.97 Å². The van der Waals surface area contributed by atoms with Gasteiger partial charge in [-0.05, 0) is 114 Å². The van der Waals surface area contributed by atoms with Gasteiger partial charge in [0.2, 0.25) is 106 Å². The molecule has 0 unspecified atom stereocenters. The van der Waals surface area contributed by atoms with Gasteiger partial charge in [0.25, 0.3) is 0 Å². The van der Waals surface area contributed by atoms with Gasteiger partial charge in [-0.25, -0.2) is 9.97 Å². The zero-order valence-corrected chi connectivity index (χ0v) is 71.3. The lowest BCUT2D eigenvalue weighted by Crippen LogP contribution is -2.59. The number of hydrogen-bond donors (Lipinski definition) is 23. The number of nitrogens with two attached hydrogens (primary N) is 3. The minimum Gasteiger partial charge on any atom is -0.508 e. The third-order valence-corrected chi connectivity index (χ3v) is 18.8. The summed E-state index contributed by atoms with van der Waals surface area (Å²) >= 11 is 0. The number of amides is 18. The van der Waals surface area contributed by atoms with Gasteiger partial charge in [-0.2, -0.15) is 0 Å². The second-order valence-corrected chi connectivity index (χ2v) is 31.7. The van der Waals surface area contributed by atoms with E-state index in [2.05, 4.69) is 105 Å². The maximum absolute atomic E-state index is 14.3. The number of nitrogens with one attached hydrogen (secondary N) is 18. The number of H-pyrrole nitrogens is 2. The number of aromatic hydroxyl groups is 1. The topological polar surface area (TPSA) is 693 Å². The van der Waals surface area contributed by atoms with E-state index in [0.717, 1.165) is 0 Å². The Morgan fingerprint density at radius 3 is 1.17 bits per heavy atom. The lowest BCUT2D eigenvalue weighted by molar-refractivity contribution is -0.138. The quantitative estimate of drug-likeness (QED) is 0.0251. The van der Waals surface area contributed by atoms with Crippen LogP contribution >= 0.6 is 0 Å². The highest BCUT2D eigenvalue weighted by atomic mass is 16.4. The van der Waals surface area contributed by atoms with Crippen molar-refractivity contribution in [1.29, 1.82) is 0 Å². The molecule has 15 atom stereocenters. The van der Waals surface area contributed by atoms with Crippen molar-refractivity contribution in [2.24, 2.45) is 46.8 Å². The third-order valence-electron chi connectivity index (χ3n) is 18.8. The summed E-state index contributed by atoms with van der Waals surface area (Å²) in [5.41, 5.74) is 18.3. The molecule has 0 fully saturated rings. The molecule has 0 aliphatic carbocycles. The number of phenols is 1. The van der Waals surface area contributed by atoms with Crippen LogP contribution in [-0.4, -0.2) is 247 Å². The van der Waals surface area contributed by atoms with Gasteiger partial charge in [0.1, 0.15) is 84.3 Å². The first-order valence-corrected chi connectivity index (χ1v) is 40.2. The number of aliphatic carboxylic acids is 1. The molecule has 122 heavy (non-hydrogen) atoms.